The number of tetrazole rings is 1. The molecule has 2 N–H and O–H groups in total. The van der Waals surface area contributed by atoms with Crippen LogP contribution >= 0.6 is 11.6 Å². The zero-order valence-corrected chi connectivity index (χ0v) is 26.3. The largest absolute Gasteiger partial charge is 0.478 e. The summed E-state index contributed by atoms with van der Waals surface area (Å²) in [5.74, 6) is -3.24. The molecule has 1 atom stereocenters. The predicted octanol–water partition coefficient (Wildman–Crippen LogP) is 3.46. The van der Waals surface area contributed by atoms with Crippen molar-refractivity contribution in [1.82, 2.24) is 30.0 Å². The van der Waals surface area contributed by atoms with Gasteiger partial charge in [0.25, 0.3) is 5.91 Å². The van der Waals surface area contributed by atoms with Gasteiger partial charge in [-0.2, -0.15) is 4.68 Å². The monoisotopic (exact) mass is 660 g/mol. The molecule has 2 heterocycles. The molecule has 13 nitrogen and oxygen atoms in total. The Labute approximate surface area is 273 Å². The number of carbonyl (C=O) groups is 4. The minimum atomic E-state index is -1.16. The van der Waals surface area contributed by atoms with Crippen LogP contribution < -0.4 is 10.2 Å². The van der Waals surface area contributed by atoms with Gasteiger partial charge in [0.05, 0.1) is 22.8 Å². The molecule has 1 aliphatic rings. The van der Waals surface area contributed by atoms with Crippen LogP contribution in [0.3, 0.4) is 0 Å². The number of carboxylic acids is 1. The summed E-state index contributed by atoms with van der Waals surface area (Å²) in [6.45, 7) is 0.259. The molecule has 242 valence electrons. The quantitative estimate of drug-likeness (QED) is 0.257. The van der Waals surface area contributed by atoms with Gasteiger partial charge in [0.15, 0.2) is 5.82 Å². The Balaban J connectivity index is 1.53. The van der Waals surface area contributed by atoms with E-state index in [1.165, 1.54) is 63.3 Å². The number of fused-ring (bicyclic) bond motifs is 1. The average Bonchev–Trinajstić information content (AvgIpc) is 3.59. The molecule has 0 radical (unpaired) electrons. The molecule has 3 aromatic carbocycles. The number of nitrogens with zero attached hydrogens (tertiary/aromatic N) is 7. The Morgan fingerprint density at radius 1 is 1.09 bits per heavy atom. The molecule has 0 bridgehead atoms. The summed E-state index contributed by atoms with van der Waals surface area (Å²) in [5.41, 5.74) is 2.38. The second-order valence-electron chi connectivity index (χ2n) is 11.0. The number of rotatable bonds is 9. The van der Waals surface area contributed by atoms with E-state index in [2.05, 4.69) is 20.8 Å². The van der Waals surface area contributed by atoms with Crippen molar-refractivity contribution in [2.24, 2.45) is 0 Å². The number of carbonyl (C=O) groups excluding carboxylic acids is 3. The Hall–Kier alpha value is -5.47. The first-order chi connectivity index (χ1) is 22.5. The maximum Gasteiger partial charge on any atom is 0.335 e. The third-order valence-corrected chi connectivity index (χ3v) is 7.90. The van der Waals surface area contributed by atoms with Crippen LogP contribution in [0.4, 0.5) is 15.8 Å². The second-order valence-corrected chi connectivity index (χ2v) is 11.4. The fourth-order valence-electron chi connectivity index (χ4n) is 5.34. The van der Waals surface area contributed by atoms with Crippen molar-refractivity contribution in [2.75, 3.05) is 44.4 Å². The van der Waals surface area contributed by atoms with E-state index >= 15 is 4.39 Å². The molecule has 4 aromatic rings. The van der Waals surface area contributed by atoms with E-state index in [1.54, 1.807) is 44.2 Å². The SMILES string of the molecule is CN(C)CC(=O)N(C)c1cccc2c1CCN(C(=O)/C=C/c1c(-n3cnnn3)ccc(Cl)c1F)[C@@H]2C(=O)Nc1ccc(C(=O)O)cc1. The summed E-state index contributed by atoms with van der Waals surface area (Å²) in [7, 11) is 5.23. The van der Waals surface area contributed by atoms with Crippen LogP contribution in [0.15, 0.2) is 67.0 Å². The lowest BCUT2D eigenvalue weighted by molar-refractivity contribution is -0.135. The molecule has 1 aromatic heterocycles. The summed E-state index contributed by atoms with van der Waals surface area (Å²) in [6, 6.07) is 12.5. The van der Waals surface area contributed by atoms with Crippen LogP contribution in [0.1, 0.15) is 33.1 Å². The van der Waals surface area contributed by atoms with E-state index in [1.807, 2.05) is 0 Å². The lowest BCUT2D eigenvalue weighted by atomic mass is 9.89. The number of carboxylic acid groups (broad SMARTS) is 1. The van der Waals surface area contributed by atoms with Crippen LogP contribution in [-0.2, 0) is 20.8 Å². The molecule has 47 heavy (non-hydrogen) atoms. The van der Waals surface area contributed by atoms with Crippen molar-refractivity contribution in [3.63, 3.8) is 0 Å². The maximum absolute atomic E-state index is 15.2. The van der Waals surface area contributed by atoms with Crippen LogP contribution in [0.2, 0.25) is 5.02 Å². The van der Waals surface area contributed by atoms with E-state index in [9.17, 15) is 24.3 Å². The van der Waals surface area contributed by atoms with Gasteiger partial charge in [-0.15, -0.1) is 5.10 Å². The van der Waals surface area contributed by atoms with E-state index in [0.717, 1.165) is 11.6 Å². The molecule has 0 saturated carbocycles. The summed E-state index contributed by atoms with van der Waals surface area (Å²) in [5, 5.41) is 22.8. The van der Waals surface area contributed by atoms with Crippen LogP contribution in [0.5, 0.6) is 0 Å². The van der Waals surface area contributed by atoms with Crippen molar-refractivity contribution in [3.05, 3.63) is 100 Å². The summed E-state index contributed by atoms with van der Waals surface area (Å²) in [6.07, 6.45) is 3.99. The topological polar surface area (TPSA) is 154 Å². The molecular weight excluding hydrogens is 631 g/mol. The highest BCUT2D eigenvalue weighted by Gasteiger charge is 2.37. The minimum absolute atomic E-state index is 0.0392. The number of nitrogens with one attached hydrogen (secondary N) is 1. The molecule has 0 saturated heterocycles. The van der Waals surface area contributed by atoms with Crippen molar-refractivity contribution in [3.8, 4) is 5.69 Å². The fourth-order valence-corrected chi connectivity index (χ4v) is 5.50. The molecule has 1 aliphatic heterocycles. The van der Waals surface area contributed by atoms with Gasteiger partial charge in [-0.1, -0.05) is 23.7 Å². The van der Waals surface area contributed by atoms with E-state index in [4.69, 9.17) is 11.6 Å². The van der Waals surface area contributed by atoms with Crippen LogP contribution in [-0.4, -0.2) is 93.0 Å². The molecular formula is C32H30ClFN8O5. The first kappa shape index (κ1) is 32.9. The molecule has 0 unspecified atom stereocenters. The highest BCUT2D eigenvalue weighted by atomic mass is 35.5. The van der Waals surface area contributed by atoms with Gasteiger partial charge in [0.2, 0.25) is 11.8 Å². The number of aromatic carboxylic acids is 1. The lowest BCUT2D eigenvalue weighted by Gasteiger charge is -2.37. The summed E-state index contributed by atoms with van der Waals surface area (Å²) < 4.78 is 16.4. The fraction of sp³-hybridized carbons (Fsp3) is 0.219. The third-order valence-electron chi connectivity index (χ3n) is 7.61. The van der Waals surface area contributed by atoms with Crippen LogP contribution in [0, 0.1) is 5.82 Å². The highest BCUT2D eigenvalue weighted by molar-refractivity contribution is 6.31. The van der Waals surface area contributed by atoms with Gasteiger partial charge in [0, 0.05) is 36.6 Å². The smallest absolute Gasteiger partial charge is 0.335 e. The predicted molar refractivity (Wildman–Crippen MR) is 172 cm³/mol. The Morgan fingerprint density at radius 3 is 2.49 bits per heavy atom. The number of aromatic nitrogens is 4. The summed E-state index contributed by atoms with van der Waals surface area (Å²) >= 11 is 6.05. The number of likely N-dealkylation sites (N-methyl/N-ethyl adjacent to an activating group) is 2. The van der Waals surface area contributed by atoms with Gasteiger partial charge >= 0.3 is 5.97 Å². The first-order valence-corrected chi connectivity index (χ1v) is 14.7. The molecule has 0 spiro atoms. The van der Waals surface area contributed by atoms with Gasteiger partial charge in [-0.05, 0) is 90.6 Å². The normalized spacial score (nSPS) is 14.3. The molecule has 15 heteroatoms. The third kappa shape index (κ3) is 7.03. The minimum Gasteiger partial charge on any atom is -0.478 e. The molecule has 0 aliphatic carbocycles. The lowest BCUT2D eigenvalue weighted by Crippen LogP contribution is -2.45. The number of hydrogen-bond donors (Lipinski definition) is 2. The van der Waals surface area contributed by atoms with Gasteiger partial charge in [0.1, 0.15) is 12.4 Å². The molecule has 5 rings (SSSR count). The summed E-state index contributed by atoms with van der Waals surface area (Å²) in [4.78, 5) is 56.7. The van der Waals surface area contributed by atoms with E-state index in [0.29, 0.717) is 23.4 Å². The van der Waals surface area contributed by atoms with Crippen molar-refractivity contribution >= 4 is 52.7 Å². The first-order valence-electron chi connectivity index (χ1n) is 14.3. The molecule has 0 fully saturated rings. The number of halogens is 2. The van der Waals surface area contributed by atoms with Crippen molar-refractivity contribution in [1.29, 1.82) is 0 Å². The number of anilines is 2. The van der Waals surface area contributed by atoms with Gasteiger partial charge < -0.3 is 25.1 Å². The van der Waals surface area contributed by atoms with Gasteiger partial charge in [-0.3, -0.25) is 14.4 Å². The van der Waals surface area contributed by atoms with E-state index in [-0.39, 0.29) is 40.8 Å². The standard InChI is InChI=1S/C32H30ClFN8O5/c1-39(2)17-28(44)40(3)25-6-4-5-22-21(25)15-16-41(30(22)31(45)36-20-9-7-19(8-10-20)32(46)47)27(43)14-11-23-26(42-18-35-37-38-42)13-12-24(33)29(23)34/h4-14,18,30H,15-17H2,1-3H3,(H,36,45)(H,46,47)/b14-11+/t30-/m0/s1. The van der Waals surface area contributed by atoms with Crippen LogP contribution in [0.25, 0.3) is 11.8 Å². The number of hydrogen-bond acceptors (Lipinski definition) is 8. The molecule has 3 amide bonds. The zero-order chi connectivity index (χ0) is 33.8. The zero-order valence-electron chi connectivity index (χ0n) is 25.6. The number of benzene rings is 3. The number of amides is 3. The Morgan fingerprint density at radius 2 is 1.83 bits per heavy atom. The average molecular weight is 661 g/mol. The van der Waals surface area contributed by atoms with Crippen molar-refractivity contribution < 1.29 is 28.7 Å². The van der Waals surface area contributed by atoms with Crippen molar-refractivity contribution in [2.45, 2.75) is 12.5 Å². The van der Waals surface area contributed by atoms with Gasteiger partial charge in [-0.25, -0.2) is 9.18 Å². The Bertz CT molecular complexity index is 1860. The highest BCUT2D eigenvalue weighted by Crippen LogP contribution is 2.37. The Kier molecular flexibility index (Phi) is 9.72. The second kappa shape index (κ2) is 13.9. The maximum atomic E-state index is 15.2. The van der Waals surface area contributed by atoms with E-state index < -0.39 is 29.6 Å².